The van der Waals surface area contributed by atoms with Crippen molar-refractivity contribution in [1.82, 2.24) is 5.32 Å². The highest BCUT2D eigenvalue weighted by Gasteiger charge is 2.20. The van der Waals surface area contributed by atoms with Gasteiger partial charge in [0.2, 0.25) is 0 Å². The monoisotopic (exact) mass is 139 g/mol. The van der Waals surface area contributed by atoms with E-state index in [2.05, 4.69) is 11.9 Å². The molecule has 0 bridgehead atoms. The van der Waals surface area contributed by atoms with Crippen LogP contribution in [0, 0.1) is 0 Å². The summed E-state index contributed by atoms with van der Waals surface area (Å²) in [6.07, 6.45) is 2.45. The summed E-state index contributed by atoms with van der Waals surface area (Å²) in [6.45, 7) is 5.78. The van der Waals surface area contributed by atoms with Gasteiger partial charge in [-0.1, -0.05) is 6.58 Å². The summed E-state index contributed by atoms with van der Waals surface area (Å²) in [4.78, 5) is 10.9. The quantitative estimate of drug-likeness (QED) is 0.586. The Balaban J connectivity index is 2.11. The lowest BCUT2D eigenvalue weighted by Gasteiger charge is -1.99. The van der Waals surface area contributed by atoms with Crippen LogP contribution < -0.4 is 5.32 Å². The van der Waals surface area contributed by atoms with E-state index in [9.17, 15) is 4.79 Å². The number of rotatable bonds is 4. The van der Waals surface area contributed by atoms with Gasteiger partial charge >= 0.3 is 0 Å². The van der Waals surface area contributed by atoms with Crippen molar-refractivity contribution in [3.05, 3.63) is 12.2 Å². The van der Waals surface area contributed by atoms with Gasteiger partial charge in [0, 0.05) is 6.04 Å². The van der Waals surface area contributed by atoms with Gasteiger partial charge < -0.3 is 5.32 Å². The molecular weight excluding hydrogens is 126 g/mol. The van der Waals surface area contributed by atoms with Crippen LogP contribution in [-0.2, 0) is 4.79 Å². The zero-order valence-corrected chi connectivity index (χ0v) is 6.31. The Bertz CT molecular complexity index is 159. The summed E-state index contributed by atoms with van der Waals surface area (Å²) < 4.78 is 0. The smallest absolute Gasteiger partial charge is 0.171 e. The fourth-order valence-electron chi connectivity index (χ4n) is 0.675. The molecule has 2 nitrogen and oxygen atoms in total. The van der Waals surface area contributed by atoms with Gasteiger partial charge in [-0.25, -0.2) is 0 Å². The Morgan fingerprint density at radius 3 is 2.70 bits per heavy atom. The van der Waals surface area contributed by atoms with E-state index in [1.165, 1.54) is 12.8 Å². The van der Waals surface area contributed by atoms with Crippen LogP contribution in [0.2, 0.25) is 0 Å². The highest BCUT2D eigenvalue weighted by Crippen LogP contribution is 2.18. The number of hydrogen-bond acceptors (Lipinski definition) is 2. The molecule has 0 aromatic rings. The minimum atomic E-state index is 0.131. The maximum atomic E-state index is 10.9. The molecule has 0 amide bonds. The van der Waals surface area contributed by atoms with E-state index in [1.54, 1.807) is 6.92 Å². The zero-order chi connectivity index (χ0) is 7.56. The van der Waals surface area contributed by atoms with Gasteiger partial charge in [0.1, 0.15) is 0 Å². The summed E-state index contributed by atoms with van der Waals surface area (Å²) in [5.74, 6) is 0.131. The lowest BCUT2D eigenvalue weighted by Crippen LogP contribution is -2.24. The lowest BCUT2D eigenvalue weighted by molar-refractivity contribution is -0.114. The number of nitrogens with one attached hydrogen (secondary N) is 1. The maximum Gasteiger partial charge on any atom is 0.171 e. The average molecular weight is 139 g/mol. The van der Waals surface area contributed by atoms with Gasteiger partial charge in [0.25, 0.3) is 0 Å². The third-order valence-corrected chi connectivity index (χ3v) is 1.60. The first-order valence-corrected chi connectivity index (χ1v) is 3.62. The molecule has 0 saturated heterocycles. The third-order valence-electron chi connectivity index (χ3n) is 1.60. The van der Waals surface area contributed by atoms with Crippen LogP contribution in [0.25, 0.3) is 0 Å². The molecule has 0 aliphatic heterocycles. The second-order valence-corrected chi connectivity index (χ2v) is 2.86. The Morgan fingerprint density at radius 1 is 1.70 bits per heavy atom. The molecule has 0 aromatic heterocycles. The molecule has 1 aliphatic rings. The SMILES string of the molecule is C=C(C)C(=O)CNC1CC1. The Kier molecular flexibility index (Phi) is 2.22. The summed E-state index contributed by atoms with van der Waals surface area (Å²) in [5, 5.41) is 3.13. The van der Waals surface area contributed by atoms with Gasteiger partial charge in [0.15, 0.2) is 5.78 Å². The summed E-state index contributed by atoms with van der Waals surface area (Å²) >= 11 is 0. The first kappa shape index (κ1) is 7.48. The number of hydrogen-bond donors (Lipinski definition) is 1. The fraction of sp³-hybridized carbons (Fsp3) is 0.625. The van der Waals surface area contributed by atoms with Gasteiger partial charge in [-0.3, -0.25) is 4.79 Å². The molecule has 0 unspecified atom stereocenters. The van der Waals surface area contributed by atoms with E-state index >= 15 is 0 Å². The molecule has 0 spiro atoms. The molecule has 2 heteroatoms. The first-order chi connectivity index (χ1) is 4.70. The van der Waals surface area contributed by atoms with E-state index in [1.807, 2.05) is 0 Å². The van der Waals surface area contributed by atoms with E-state index in [4.69, 9.17) is 0 Å². The van der Waals surface area contributed by atoms with Crippen molar-refractivity contribution >= 4 is 5.78 Å². The van der Waals surface area contributed by atoms with Crippen LogP contribution in [0.5, 0.6) is 0 Å². The molecule has 1 saturated carbocycles. The van der Waals surface area contributed by atoms with Gasteiger partial charge in [-0.05, 0) is 25.3 Å². The molecule has 1 N–H and O–H groups in total. The van der Waals surface area contributed by atoms with Gasteiger partial charge in [-0.2, -0.15) is 0 Å². The fourth-order valence-corrected chi connectivity index (χ4v) is 0.675. The molecule has 1 rings (SSSR count). The van der Waals surface area contributed by atoms with Crippen LogP contribution in [0.4, 0.5) is 0 Å². The predicted octanol–water partition coefficient (Wildman–Crippen LogP) is 0.884. The highest BCUT2D eigenvalue weighted by atomic mass is 16.1. The molecule has 0 aromatic carbocycles. The van der Waals surface area contributed by atoms with Crippen LogP contribution in [0.15, 0.2) is 12.2 Å². The van der Waals surface area contributed by atoms with E-state index in [0.29, 0.717) is 18.2 Å². The van der Waals surface area contributed by atoms with Crippen molar-refractivity contribution in [2.24, 2.45) is 0 Å². The average Bonchev–Trinajstić information content (AvgIpc) is 2.64. The molecule has 56 valence electrons. The zero-order valence-electron chi connectivity index (χ0n) is 6.31. The predicted molar refractivity (Wildman–Crippen MR) is 40.8 cm³/mol. The largest absolute Gasteiger partial charge is 0.307 e. The van der Waals surface area contributed by atoms with Crippen molar-refractivity contribution in [1.29, 1.82) is 0 Å². The Labute approximate surface area is 61.3 Å². The first-order valence-electron chi connectivity index (χ1n) is 3.62. The summed E-state index contributed by atoms with van der Waals surface area (Å²) in [6, 6.07) is 0.614. The number of carbonyl (C=O) groups is 1. The second kappa shape index (κ2) is 2.97. The molecule has 0 heterocycles. The molecule has 0 radical (unpaired) electrons. The second-order valence-electron chi connectivity index (χ2n) is 2.86. The summed E-state index contributed by atoms with van der Waals surface area (Å²) in [5.41, 5.74) is 0.646. The van der Waals surface area contributed by atoms with E-state index in [-0.39, 0.29) is 5.78 Å². The van der Waals surface area contributed by atoms with Crippen molar-refractivity contribution < 1.29 is 4.79 Å². The number of Topliss-reactive ketones (excluding diaryl/α,β-unsaturated/α-hetero) is 1. The van der Waals surface area contributed by atoms with E-state index < -0.39 is 0 Å². The standard InChI is InChI=1S/C8H13NO/c1-6(2)8(10)5-9-7-3-4-7/h7,9H,1,3-5H2,2H3. The van der Waals surface area contributed by atoms with Crippen molar-refractivity contribution in [3.63, 3.8) is 0 Å². The minimum absolute atomic E-state index is 0.131. The van der Waals surface area contributed by atoms with Gasteiger partial charge in [0.05, 0.1) is 6.54 Å². The Hall–Kier alpha value is -0.630. The highest BCUT2D eigenvalue weighted by molar-refractivity contribution is 5.95. The normalized spacial score (nSPS) is 16.9. The van der Waals surface area contributed by atoms with Gasteiger partial charge in [-0.15, -0.1) is 0 Å². The number of carbonyl (C=O) groups excluding carboxylic acids is 1. The van der Waals surface area contributed by atoms with Crippen LogP contribution >= 0.6 is 0 Å². The lowest BCUT2D eigenvalue weighted by atomic mass is 10.2. The molecule has 1 fully saturated rings. The van der Waals surface area contributed by atoms with Crippen LogP contribution in [-0.4, -0.2) is 18.4 Å². The van der Waals surface area contributed by atoms with Crippen LogP contribution in [0.3, 0.4) is 0 Å². The Morgan fingerprint density at radius 2 is 2.30 bits per heavy atom. The number of ketones is 1. The molecule has 10 heavy (non-hydrogen) atoms. The van der Waals surface area contributed by atoms with E-state index in [0.717, 1.165) is 0 Å². The van der Waals surface area contributed by atoms with Crippen LogP contribution in [0.1, 0.15) is 19.8 Å². The molecule has 1 aliphatic carbocycles. The van der Waals surface area contributed by atoms with Crippen molar-refractivity contribution in [2.75, 3.05) is 6.54 Å². The minimum Gasteiger partial charge on any atom is -0.307 e. The van der Waals surface area contributed by atoms with Crippen molar-refractivity contribution in [2.45, 2.75) is 25.8 Å². The molecular formula is C8H13NO. The maximum absolute atomic E-state index is 10.9. The molecule has 0 atom stereocenters. The summed E-state index contributed by atoms with van der Waals surface area (Å²) in [7, 11) is 0. The topological polar surface area (TPSA) is 29.1 Å². The van der Waals surface area contributed by atoms with Crippen molar-refractivity contribution in [3.8, 4) is 0 Å². The third kappa shape index (κ3) is 2.31.